The first-order valence-corrected chi connectivity index (χ1v) is 6.42. The third-order valence-electron chi connectivity index (χ3n) is 1.93. The third kappa shape index (κ3) is 4.35. The van der Waals surface area contributed by atoms with E-state index in [1.165, 1.54) is 18.4 Å². The van der Waals surface area contributed by atoms with Crippen molar-refractivity contribution in [3.05, 3.63) is 31.2 Å². The summed E-state index contributed by atoms with van der Waals surface area (Å²) in [4.78, 5) is 15.1. The number of azide groups is 1. The van der Waals surface area contributed by atoms with Crippen molar-refractivity contribution in [1.29, 1.82) is 0 Å². The number of carbonyl (C=O) groups is 1. The van der Waals surface area contributed by atoms with Crippen LogP contribution in [-0.2, 0) is 9.53 Å². The van der Waals surface area contributed by atoms with Gasteiger partial charge in [0, 0.05) is 32.7 Å². The maximum Gasteiger partial charge on any atom is 0.328 e. The lowest BCUT2D eigenvalue weighted by molar-refractivity contribution is -0.143. The minimum atomic E-state index is -0.523. The van der Waals surface area contributed by atoms with Crippen LogP contribution in [-0.4, -0.2) is 26.2 Å². The highest BCUT2D eigenvalue weighted by Gasteiger charge is 2.21. The molecule has 6 nitrogen and oxygen atoms in total. The van der Waals surface area contributed by atoms with Crippen LogP contribution >= 0.6 is 27.3 Å². The average molecular weight is 319 g/mol. The van der Waals surface area contributed by atoms with E-state index < -0.39 is 6.04 Å². The lowest BCUT2D eigenvalue weighted by atomic mass is 10.2. The SMILES string of the molecule is COC(=O)C(NCCN=[N+]=[N-])c1cc(Br)cs1. The molecule has 92 valence electrons. The van der Waals surface area contributed by atoms with E-state index in [0.717, 1.165) is 9.35 Å². The van der Waals surface area contributed by atoms with Crippen molar-refractivity contribution in [2.24, 2.45) is 5.11 Å². The van der Waals surface area contributed by atoms with Gasteiger partial charge in [0.15, 0.2) is 0 Å². The van der Waals surface area contributed by atoms with Gasteiger partial charge in [0.25, 0.3) is 0 Å². The van der Waals surface area contributed by atoms with Gasteiger partial charge in [-0.15, -0.1) is 11.3 Å². The predicted octanol–water partition coefficient (Wildman–Crippen LogP) is 2.62. The summed E-state index contributed by atoms with van der Waals surface area (Å²) < 4.78 is 5.64. The fourth-order valence-corrected chi connectivity index (χ4v) is 2.71. The summed E-state index contributed by atoms with van der Waals surface area (Å²) in [5.74, 6) is -0.361. The summed E-state index contributed by atoms with van der Waals surface area (Å²) in [6.45, 7) is 0.704. The second-order valence-corrected chi connectivity index (χ2v) is 4.89. The van der Waals surface area contributed by atoms with Crippen molar-refractivity contribution >= 4 is 33.2 Å². The third-order valence-corrected chi connectivity index (χ3v) is 3.69. The van der Waals surface area contributed by atoms with Gasteiger partial charge in [0.05, 0.1) is 7.11 Å². The van der Waals surface area contributed by atoms with Crippen molar-refractivity contribution in [3.8, 4) is 0 Å². The highest BCUT2D eigenvalue weighted by Crippen LogP contribution is 2.26. The molecule has 0 saturated heterocycles. The molecule has 0 aliphatic rings. The monoisotopic (exact) mass is 318 g/mol. The van der Waals surface area contributed by atoms with E-state index in [4.69, 9.17) is 10.3 Å². The Morgan fingerprint density at radius 1 is 1.82 bits per heavy atom. The summed E-state index contributed by atoms with van der Waals surface area (Å²) in [6.07, 6.45) is 0. The van der Waals surface area contributed by atoms with Crippen molar-refractivity contribution in [1.82, 2.24) is 5.32 Å². The molecule has 1 aromatic heterocycles. The molecule has 0 aliphatic carbocycles. The number of halogens is 1. The number of hydrogen-bond donors (Lipinski definition) is 1. The Bertz CT molecular complexity index is 430. The molecule has 8 heteroatoms. The quantitative estimate of drug-likeness (QED) is 0.287. The molecule has 0 radical (unpaired) electrons. The molecule has 0 saturated carbocycles. The molecule has 1 N–H and O–H groups in total. The van der Waals surface area contributed by atoms with Gasteiger partial charge < -0.3 is 4.74 Å². The smallest absolute Gasteiger partial charge is 0.328 e. The number of nitrogens with zero attached hydrogens (tertiary/aromatic N) is 3. The van der Waals surface area contributed by atoms with E-state index in [-0.39, 0.29) is 12.5 Å². The Morgan fingerprint density at radius 3 is 3.12 bits per heavy atom. The Morgan fingerprint density at radius 2 is 2.59 bits per heavy atom. The molecular formula is C9H11BrN4O2S. The van der Waals surface area contributed by atoms with Crippen LogP contribution in [0.2, 0.25) is 0 Å². The summed E-state index contributed by atoms with van der Waals surface area (Å²) in [5.41, 5.74) is 8.14. The molecule has 1 aromatic rings. The van der Waals surface area contributed by atoms with Crippen molar-refractivity contribution in [3.63, 3.8) is 0 Å². The number of thiophene rings is 1. The van der Waals surface area contributed by atoms with Crippen LogP contribution in [0.1, 0.15) is 10.9 Å². The van der Waals surface area contributed by atoms with Gasteiger partial charge in [0.2, 0.25) is 0 Å². The number of hydrogen-bond acceptors (Lipinski definition) is 5. The minimum absolute atomic E-state index is 0.288. The van der Waals surface area contributed by atoms with Gasteiger partial charge in [-0.05, 0) is 27.5 Å². The number of ether oxygens (including phenoxy) is 1. The Hall–Kier alpha value is -1.08. The normalized spacial score (nSPS) is 11.6. The van der Waals surface area contributed by atoms with Crippen LogP contribution in [0.5, 0.6) is 0 Å². The lowest BCUT2D eigenvalue weighted by Crippen LogP contribution is -2.30. The van der Waals surface area contributed by atoms with E-state index in [1.54, 1.807) is 0 Å². The molecule has 0 aromatic carbocycles. The van der Waals surface area contributed by atoms with Crippen molar-refractivity contribution in [2.75, 3.05) is 20.2 Å². The summed E-state index contributed by atoms with van der Waals surface area (Å²) in [7, 11) is 1.34. The van der Waals surface area contributed by atoms with Gasteiger partial charge in [-0.2, -0.15) is 0 Å². The molecule has 17 heavy (non-hydrogen) atoms. The van der Waals surface area contributed by atoms with Gasteiger partial charge in [-0.3, -0.25) is 5.32 Å². The van der Waals surface area contributed by atoms with Gasteiger partial charge >= 0.3 is 5.97 Å². The zero-order chi connectivity index (χ0) is 12.7. The van der Waals surface area contributed by atoms with E-state index in [1.807, 2.05) is 11.4 Å². The van der Waals surface area contributed by atoms with E-state index >= 15 is 0 Å². The number of esters is 1. The topological polar surface area (TPSA) is 87.1 Å². The average Bonchev–Trinajstić information content (AvgIpc) is 2.75. The maximum absolute atomic E-state index is 11.6. The molecule has 1 rings (SSSR count). The first kappa shape index (κ1) is 14.0. The largest absolute Gasteiger partial charge is 0.468 e. The Kier molecular flexibility index (Phi) is 5.99. The van der Waals surface area contributed by atoms with Crippen LogP contribution in [0.25, 0.3) is 10.4 Å². The molecule has 0 fully saturated rings. The molecule has 0 spiro atoms. The second-order valence-electron chi connectivity index (χ2n) is 3.03. The molecule has 0 aliphatic heterocycles. The van der Waals surface area contributed by atoms with Crippen LogP contribution in [0.15, 0.2) is 21.0 Å². The second kappa shape index (κ2) is 7.29. The summed E-state index contributed by atoms with van der Waals surface area (Å²) in [6, 6.07) is 1.33. The predicted molar refractivity (Wildman–Crippen MR) is 68.8 cm³/mol. The molecule has 1 unspecified atom stereocenters. The number of methoxy groups -OCH3 is 1. The van der Waals surface area contributed by atoms with Crippen LogP contribution in [0.3, 0.4) is 0 Å². The molecule has 1 atom stereocenters. The lowest BCUT2D eigenvalue weighted by Gasteiger charge is -2.13. The minimum Gasteiger partial charge on any atom is -0.468 e. The van der Waals surface area contributed by atoms with Crippen LogP contribution in [0.4, 0.5) is 0 Å². The Balaban J connectivity index is 2.67. The number of nitrogens with one attached hydrogen (secondary N) is 1. The fourth-order valence-electron chi connectivity index (χ4n) is 1.20. The zero-order valence-corrected chi connectivity index (χ0v) is 11.5. The van der Waals surface area contributed by atoms with Crippen LogP contribution in [0, 0.1) is 0 Å². The number of rotatable bonds is 6. The molecular weight excluding hydrogens is 308 g/mol. The first-order chi connectivity index (χ1) is 8.19. The maximum atomic E-state index is 11.6. The summed E-state index contributed by atoms with van der Waals surface area (Å²) in [5, 5.41) is 8.26. The van der Waals surface area contributed by atoms with Crippen molar-refractivity contribution < 1.29 is 9.53 Å². The van der Waals surface area contributed by atoms with E-state index in [9.17, 15) is 4.79 Å². The van der Waals surface area contributed by atoms with Gasteiger partial charge in [-0.1, -0.05) is 5.11 Å². The molecule has 0 amide bonds. The Labute approximate surface area is 111 Å². The highest BCUT2D eigenvalue weighted by molar-refractivity contribution is 9.10. The number of carbonyl (C=O) groups excluding carboxylic acids is 1. The van der Waals surface area contributed by atoms with E-state index in [0.29, 0.717) is 6.54 Å². The fraction of sp³-hybridized carbons (Fsp3) is 0.444. The molecule has 0 bridgehead atoms. The van der Waals surface area contributed by atoms with Gasteiger partial charge in [-0.25, -0.2) is 4.79 Å². The molecule has 1 heterocycles. The van der Waals surface area contributed by atoms with E-state index in [2.05, 4.69) is 31.3 Å². The first-order valence-electron chi connectivity index (χ1n) is 4.75. The highest BCUT2D eigenvalue weighted by atomic mass is 79.9. The van der Waals surface area contributed by atoms with Crippen LogP contribution < -0.4 is 5.32 Å². The van der Waals surface area contributed by atoms with Gasteiger partial charge in [0.1, 0.15) is 6.04 Å². The standard InChI is InChI=1S/C9H11BrN4O2S/c1-16-9(15)8(12-2-3-13-14-11)7-4-6(10)5-17-7/h4-5,8,12H,2-3H2,1H3. The van der Waals surface area contributed by atoms with Crippen molar-refractivity contribution in [2.45, 2.75) is 6.04 Å². The zero-order valence-electron chi connectivity index (χ0n) is 9.09. The summed E-state index contributed by atoms with van der Waals surface area (Å²) >= 11 is 4.78.